The van der Waals surface area contributed by atoms with E-state index in [2.05, 4.69) is 60.9 Å². The van der Waals surface area contributed by atoms with Crippen LogP contribution in [0, 0.1) is 0 Å². The minimum atomic E-state index is 0.107. The van der Waals surface area contributed by atoms with Gasteiger partial charge in [0.25, 0.3) is 0 Å². The van der Waals surface area contributed by atoms with Gasteiger partial charge in [0, 0.05) is 22.4 Å². The standard InChI is InChI=1S/C20H23ClN2/c1-20(2)12-19(23-18-9-6-14(21)11-17(18)20)13-4-3-5-16(10-13)22-15-7-8-15/h3-6,9-11,15,19,22-23H,7-8,12H2,1-2H3. The molecule has 1 heterocycles. The summed E-state index contributed by atoms with van der Waals surface area (Å²) in [6.45, 7) is 4.62. The summed E-state index contributed by atoms with van der Waals surface area (Å²) in [5.74, 6) is 0. The third kappa shape index (κ3) is 3.05. The second-order valence-electron chi connectivity index (χ2n) is 7.52. The Morgan fingerprint density at radius 1 is 1.13 bits per heavy atom. The highest BCUT2D eigenvalue weighted by molar-refractivity contribution is 6.30. The molecular formula is C20H23ClN2. The molecule has 4 rings (SSSR count). The van der Waals surface area contributed by atoms with Gasteiger partial charge in [-0.25, -0.2) is 0 Å². The van der Waals surface area contributed by atoms with Gasteiger partial charge in [-0.15, -0.1) is 0 Å². The highest BCUT2D eigenvalue weighted by atomic mass is 35.5. The van der Waals surface area contributed by atoms with Crippen LogP contribution < -0.4 is 10.6 Å². The molecule has 0 aromatic heterocycles. The van der Waals surface area contributed by atoms with Gasteiger partial charge in [-0.3, -0.25) is 0 Å². The van der Waals surface area contributed by atoms with Crippen LogP contribution in [0.4, 0.5) is 11.4 Å². The molecular weight excluding hydrogens is 304 g/mol. The molecule has 1 aliphatic carbocycles. The van der Waals surface area contributed by atoms with Gasteiger partial charge < -0.3 is 10.6 Å². The molecule has 0 amide bonds. The van der Waals surface area contributed by atoms with Gasteiger partial charge in [-0.2, -0.15) is 0 Å². The van der Waals surface area contributed by atoms with E-state index in [1.807, 2.05) is 6.07 Å². The zero-order chi connectivity index (χ0) is 16.0. The summed E-state index contributed by atoms with van der Waals surface area (Å²) in [5.41, 5.74) is 5.22. The van der Waals surface area contributed by atoms with Crippen molar-refractivity contribution in [2.45, 2.75) is 50.6 Å². The monoisotopic (exact) mass is 326 g/mol. The van der Waals surface area contributed by atoms with Crippen molar-refractivity contribution >= 4 is 23.0 Å². The largest absolute Gasteiger partial charge is 0.382 e. The average molecular weight is 327 g/mol. The van der Waals surface area contributed by atoms with E-state index in [9.17, 15) is 0 Å². The van der Waals surface area contributed by atoms with E-state index in [0.29, 0.717) is 12.1 Å². The molecule has 2 nitrogen and oxygen atoms in total. The normalized spacial score (nSPS) is 22.1. The van der Waals surface area contributed by atoms with Crippen molar-refractivity contribution in [2.75, 3.05) is 10.6 Å². The van der Waals surface area contributed by atoms with Crippen LogP contribution in [0.2, 0.25) is 5.02 Å². The van der Waals surface area contributed by atoms with Crippen LogP contribution in [0.25, 0.3) is 0 Å². The Kier molecular flexibility index (Phi) is 3.53. The molecule has 0 saturated heterocycles. The summed E-state index contributed by atoms with van der Waals surface area (Å²) in [7, 11) is 0. The Morgan fingerprint density at radius 2 is 1.96 bits per heavy atom. The Balaban J connectivity index is 1.64. The zero-order valence-electron chi connectivity index (χ0n) is 13.7. The van der Waals surface area contributed by atoms with Crippen LogP contribution in [0.3, 0.4) is 0 Å². The summed E-state index contributed by atoms with van der Waals surface area (Å²) in [4.78, 5) is 0. The second kappa shape index (κ2) is 5.45. The Morgan fingerprint density at radius 3 is 2.74 bits per heavy atom. The van der Waals surface area contributed by atoms with Gasteiger partial charge in [0.05, 0.1) is 6.04 Å². The van der Waals surface area contributed by atoms with Crippen LogP contribution in [0.1, 0.15) is 50.3 Å². The first-order valence-electron chi connectivity index (χ1n) is 8.44. The predicted octanol–water partition coefficient (Wildman–Crippen LogP) is 5.75. The van der Waals surface area contributed by atoms with Gasteiger partial charge in [-0.05, 0) is 66.1 Å². The number of hydrogen-bond donors (Lipinski definition) is 2. The summed E-state index contributed by atoms with van der Waals surface area (Å²) in [6, 6.07) is 16.1. The third-order valence-corrected chi connectivity index (χ3v) is 5.23. The first kappa shape index (κ1) is 14.9. The molecule has 120 valence electrons. The van der Waals surface area contributed by atoms with Crippen molar-refractivity contribution in [3.8, 4) is 0 Å². The van der Waals surface area contributed by atoms with E-state index >= 15 is 0 Å². The SMILES string of the molecule is CC1(C)CC(c2cccc(NC3CC3)c2)Nc2ccc(Cl)cc21. The van der Waals surface area contributed by atoms with Crippen molar-refractivity contribution in [2.24, 2.45) is 0 Å². The number of benzene rings is 2. The van der Waals surface area contributed by atoms with Gasteiger partial charge in [0.15, 0.2) is 0 Å². The van der Waals surface area contributed by atoms with Crippen molar-refractivity contribution in [1.29, 1.82) is 0 Å². The maximum Gasteiger partial charge on any atom is 0.0523 e. The van der Waals surface area contributed by atoms with Crippen molar-refractivity contribution in [3.05, 3.63) is 58.6 Å². The lowest BCUT2D eigenvalue weighted by molar-refractivity contribution is 0.427. The smallest absolute Gasteiger partial charge is 0.0523 e. The second-order valence-corrected chi connectivity index (χ2v) is 7.96. The average Bonchev–Trinajstić information content (AvgIpc) is 3.32. The fraction of sp³-hybridized carbons (Fsp3) is 0.400. The van der Waals surface area contributed by atoms with Crippen LogP contribution >= 0.6 is 11.6 Å². The molecule has 1 unspecified atom stereocenters. The molecule has 1 saturated carbocycles. The quantitative estimate of drug-likeness (QED) is 0.750. The maximum absolute atomic E-state index is 6.20. The molecule has 1 atom stereocenters. The van der Waals surface area contributed by atoms with E-state index < -0.39 is 0 Å². The summed E-state index contributed by atoms with van der Waals surface area (Å²) in [5, 5.41) is 8.12. The first-order valence-corrected chi connectivity index (χ1v) is 8.82. The predicted molar refractivity (Wildman–Crippen MR) is 98.5 cm³/mol. The molecule has 1 fully saturated rings. The lowest BCUT2D eigenvalue weighted by Crippen LogP contribution is -2.31. The van der Waals surface area contributed by atoms with Gasteiger partial charge >= 0.3 is 0 Å². The molecule has 0 spiro atoms. The Labute approximate surface area is 143 Å². The molecule has 1 aliphatic heterocycles. The molecule has 2 N–H and O–H groups in total. The summed E-state index contributed by atoms with van der Waals surface area (Å²) >= 11 is 6.20. The third-order valence-electron chi connectivity index (χ3n) is 4.99. The summed E-state index contributed by atoms with van der Waals surface area (Å²) in [6.07, 6.45) is 3.66. The summed E-state index contributed by atoms with van der Waals surface area (Å²) < 4.78 is 0. The van der Waals surface area contributed by atoms with Crippen LogP contribution in [-0.2, 0) is 5.41 Å². The molecule has 23 heavy (non-hydrogen) atoms. The number of hydrogen-bond acceptors (Lipinski definition) is 2. The lowest BCUT2D eigenvalue weighted by atomic mass is 9.74. The molecule has 0 bridgehead atoms. The van der Waals surface area contributed by atoms with E-state index in [-0.39, 0.29) is 5.41 Å². The minimum absolute atomic E-state index is 0.107. The number of halogens is 1. The van der Waals surface area contributed by atoms with E-state index in [1.165, 1.54) is 35.3 Å². The van der Waals surface area contributed by atoms with E-state index in [4.69, 9.17) is 11.6 Å². The number of fused-ring (bicyclic) bond motifs is 1. The van der Waals surface area contributed by atoms with Gasteiger partial charge in [0.1, 0.15) is 0 Å². The number of nitrogens with one attached hydrogen (secondary N) is 2. The highest BCUT2D eigenvalue weighted by Gasteiger charge is 2.33. The van der Waals surface area contributed by atoms with Crippen LogP contribution in [0.15, 0.2) is 42.5 Å². The number of anilines is 2. The molecule has 2 aromatic rings. The lowest BCUT2D eigenvalue weighted by Gasteiger charge is -2.39. The van der Waals surface area contributed by atoms with Gasteiger partial charge in [0.2, 0.25) is 0 Å². The Hall–Kier alpha value is -1.67. The topological polar surface area (TPSA) is 24.1 Å². The van der Waals surface area contributed by atoms with Crippen LogP contribution in [0.5, 0.6) is 0 Å². The zero-order valence-corrected chi connectivity index (χ0v) is 14.5. The van der Waals surface area contributed by atoms with Crippen molar-refractivity contribution in [1.82, 2.24) is 0 Å². The van der Waals surface area contributed by atoms with Crippen LogP contribution in [-0.4, -0.2) is 6.04 Å². The minimum Gasteiger partial charge on any atom is -0.382 e. The molecule has 0 radical (unpaired) electrons. The molecule has 3 heteroatoms. The van der Waals surface area contributed by atoms with E-state index in [1.54, 1.807) is 0 Å². The fourth-order valence-electron chi connectivity index (χ4n) is 3.57. The van der Waals surface area contributed by atoms with Crippen molar-refractivity contribution in [3.63, 3.8) is 0 Å². The number of rotatable bonds is 3. The first-order chi connectivity index (χ1) is 11.0. The van der Waals surface area contributed by atoms with Crippen molar-refractivity contribution < 1.29 is 0 Å². The van der Waals surface area contributed by atoms with Gasteiger partial charge in [-0.1, -0.05) is 37.6 Å². The molecule has 2 aliphatic rings. The Bertz CT molecular complexity index is 734. The fourth-order valence-corrected chi connectivity index (χ4v) is 3.74. The van der Waals surface area contributed by atoms with E-state index in [0.717, 1.165) is 11.4 Å². The molecule has 2 aromatic carbocycles. The maximum atomic E-state index is 6.20. The highest BCUT2D eigenvalue weighted by Crippen LogP contribution is 2.45.